The number of rotatable bonds is 4. The van der Waals surface area contributed by atoms with Crippen LogP contribution in [0.15, 0.2) is 0 Å². The van der Waals surface area contributed by atoms with E-state index >= 15 is 0 Å². The molecule has 0 spiro atoms. The maximum atomic E-state index is 11.9. The van der Waals surface area contributed by atoms with E-state index in [1.807, 2.05) is 0 Å². The van der Waals surface area contributed by atoms with Gasteiger partial charge < -0.3 is 10.6 Å². The lowest BCUT2D eigenvalue weighted by molar-refractivity contribution is -0.125. The third-order valence-corrected chi connectivity index (χ3v) is 4.24. The Morgan fingerprint density at radius 1 is 1.11 bits per heavy atom. The first-order valence-electron chi connectivity index (χ1n) is 7.34. The Morgan fingerprint density at radius 2 is 1.89 bits per heavy atom. The third-order valence-electron chi connectivity index (χ3n) is 4.24. The van der Waals surface area contributed by atoms with Crippen LogP contribution < -0.4 is 10.6 Å². The summed E-state index contributed by atoms with van der Waals surface area (Å²) in [5.41, 5.74) is 0. The molecule has 0 aromatic rings. The van der Waals surface area contributed by atoms with Gasteiger partial charge in [-0.1, -0.05) is 32.1 Å². The Bertz CT molecular complexity index is 236. The van der Waals surface area contributed by atoms with E-state index in [0.29, 0.717) is 0 Å². The summed E-state index contributed by atoms with van der Waals surface area (Å²) in [5, 5.41) is 6.42. The highest BCUT2D eigenvalue weighted by Crippen LogP contribution is 2.25. The highest BCUT2D eigenvalue weighted by atomic mass is 35.5. The van der Waals surface area contributed by atoms with E-state index in [0.717, 1.165) is 38.4 Å². The number of hydrogen-bond donors (Lipinski definition) is 2. The summed E-state index contributed by atoms with van der Waals surface area (Å²) in [5.74, 6) is 1.36. The van der Waals surface area contributed by atoms with Crippen LogP contribution in [0.25, 0.3) is 0 Å². The van der Waals surface area contributed by atoms with Crippen LogP contribution in [-0.4, -0.2) is 25.5 Å². The van der Waals surface area contributed by atoms with Crippen molar-refractivity contribution in [3.8, 4) is 0 Å². The molecule has 1 amide bonds. The summed E-state index contributed by atoms with van der Waals surface area (Å²) in [7, 11) is 0. The second-order valence-electron chi connectivity index (χ2n) is 5.63. The molecule has 1 saturated heterocycles. The molecule has 0 aromatic heterocycles. The van der Waals surface area contributed by atoms with Crippen molar-refractivity contribution in [2.75, 3.05) is 19.6 Å². The van der Waals surface area contributed by atoms with Crippen LogP contribution in [0.5, 0.6) is 0 Å². The van der Waals surface area contributed by atoms with E-state index in [-0.39, 0.29) is 24.2 Å². The lowest BCUT2D eigenvalue weighted by Gasteiger charge is -2.24. The molecule has 0 aromatic carbocycles. The summed E-state index contributed by atoms with van der Waals surface area (Å²) < 4.78 is 0. The van der Waals surface area contributed by atoms with Gasteiger partial charge in [0.25, 0.3) is 0 Å². The van der Waals surface area contributed by atoms with Gasteiger partial charge in [0.1, 0.15) is 0 Å². The molecule has 2 rings (SSSR count). The summed E-state index contributed by atoms with van der Waals surface area (Å²) in [4.78, 5) is 11.9. The summed E-state index contributed by atoms with van der Waals surface area (Å²) >= 11 is 0. The average molecular weight is 275 g/mol. The Balaban J connectivity index is 0.00000162. The first-order chi connectivity index (χ1) is 8.36. The van der Waals surface area contributed by atoms with Crippen LogP contribution in [-0.2, 0) is 4.79 Å². The quantitative estimate of drug-likeness (QED) is 0.827. The summed E-state index contributed by atoms with van der Waals surface area (Å²) in [6.45, 7) is 2.83. The van der Waals surface area contributed by atoms with Gasteiger partial charge in [-0.25, -0.2) is 0 Å². The smallest absolute Gasteiger partial charge is 0.224 e. The zero-order valence-electron chi connectivity index (χ0n) is 11.2. The molecule has 0 radical (unpaired) electrons. The SMILES string of the molecule is Cl.O=C(NCCC1CCCCC1)[C@@H]1CCCNC1. The topological polar surface area (TPSA) is 41.1 Å². The fourth-order valence-electron chi connectivity index (χ4n) is 3.10. The molecule has 2 fully saturated rings. The Hall–Kier alpha value is -0.280. The van der Waals surface area contributed by atoms with Crippen molar-refractivity contribution in [2.24, 2.45) is 11.8 Å². The normalized spacial score (nSPS) is 25.2. The lowest BCUT2D eigenvalue weighted by Crippen LogP contribution is -2.41. The fraction of sp³-hybridized carbons (Fsp3) is 0.929. The average Bonchev–Trinajstić information content (AvgIpc) is 2.41. The van der Waals surface area contributed by atoms with Gasteiger partial charge in [-0.15, -0.1) is 12.4 Å². The third kappa shape index (κ3) is 5.15. The van der Waals surface area contributed by atoms with Gasteiger partial charge in [0.2, 0.25) is 5.91 Å². The molecular weight excluding hydrogens is 248 g/mol. The zero-order valence-corrected chi connectivity index (χ0v) is 12.1. The minimum atomic E-state index is 0. The molecule has 1 aliphatic heterocycles. The number of piperidine rings is 1. The standard InChI is InChI=1S/C14H26N2O.ClH/c17-14(13-7-4-9-15-11-13)16-10-8-12-5-2-1-3-6-12;/h12-13,15H,1-11H2,(H,16,17);1H/t13-;/m1./s1. The molecule has 0 bridgehead atoms. The van der Waals surface area contributed by atoms with E-state index in [2.05, 4.69) is 10.6 Å². The number of amides is 1. The number of nitrogens with one attached hydrogen (secondary N) is 2. The second kappa shape index (κ2) is 8.76. The van der Waals surface area contributed by atoms with Crippen molar-refractivity contribution < 1.29 is 4.79 Å². The minimum absolute atomic E-state index is 0. The molecule has 2 aliphatic rings. The van der Waals surface area contributed by atoms with Crippen LogP contribution in [0.3, 0.4) is 0 Å². The molecule has 1 saturated carbocycles. The zero-order chi connectivity index (χ0) is 11.9. The van der Waals surface area contributed by atoms with Crippen molar-refractivity contribution in [1.82, 2.24) is 10.6 Å². The molecule has 3 nitrogen and oxygen atoms in total. The van der Waals surface area contributed by atoms with E-state index in [9.17, 15) is 4.79 Å². The van der Waals surface area contributed by atoms with Crippen molar-refractivity contribution in [2.45, 2.75) is 51.4 Å². The Kier molecular flexibility index (Phi) is 7.68. The molecule has 106 valence electrons. The summed E-state index contributed by atoms with van der Waals surface area (Å²) in [6.07, 6.45) is 10.3. The van der Waals surface area contributed by atoms with Crippen LogP contribution in [0.2, 0.25) is 0 Å². The molecule has 1 aliphatic carbocycles. The first kappa shape index (κ1) is 15.8. The van der Waals surface area contributed by atoms with Crippen LogP contribution >= 0.6 is 12.4 Å². The van der Waals surface area contributed by atoms with Gasteiger partial charge >= 0.3 is 0 Å². The van der Waals surface area contributed by atoms with E-state index in [1.165, 1.54) is 38.5 Å². The van der Waals surface area contributed by atoms with E-state index in [4.69, 9.17) is 0 Å². The van der Waals surface area contributed by atoms with Crippen molar-refractivity contribution in [3.05, 3.63) is 0 Å². The van der Waals surface area contributed by atoms with E-state index < -0.39 is 0 Å². The van der Waals surface area contributed by atoms with Crippen LogP contribution in [0.1, 0.15) is 51.4 Å². The van der Waals surface area contributed by atoms with Crippen molar-refractivity contribution in [3.63, 3.8) is 0 Å². The predicted octanol–water partition coefficient (Wildman–Crippen LogP) is 2.49. The lowest BCUT2D eigenvalue weighted by atomic mass is 9.87. The molecular formula is C14H27ClN2O. The van der Waals surface area contributed by atoms with Gasteiger partial charge in [0.15, 0.2) is 0 Å². The molecule has 18 heavy (non-hydrogen) atoms. The number of halogens is 1. The van der Waals surface area contributed by atoms with Crippen LogP contribution in [0, 0.1) is 11.8 Å². The van der Waals surface area contributed by atoms with Gasteiger partial charge in [0, 0.05) is 13.1 Å². The highest BCUT2D eigenvalue weighted by molar-refractivity contribution is 5.85. The number of hydrogen-bond acceptors (Lipinski definition) is 2. The maximum Gasteiger partial charge on any atom is 0.224 e. The number of carbonyl (C=O) groups excluding carboxylic acids is 1. The predicted molar refractivity (Wildman–Crippen MR) is 77.0 cm³/mol. The molecule has 0 unspecified atom stereocenters. The molecule has 1 atom stereocenters. The molecule has 2 N–H and O–H groups in total. The largest absolute Gasteiger partial charge is 0.356 e. The fourth-order valence-corrected chi connectivity index (χ4v) is 3.10. The Labute approximate surface area is 117 Å². The maximum absolute atomic E-state index is 11.9. The van der Waals surface area contributed by atoms with Crippen LogP contribution in [0.4, 0.5) is 0 Å². The van der Waals surface area contributed by atoms with Crippen molar-refractivity contribution in [1.29, 1.82) is 0 Å². The van der Waals surface area contributed by atoms with Gasteiger partial charge in [-0.2, -0.15) is 0 Å². The second-order valence-corrected chi connectivity index (χ2v) is 5.63. The monoisotopic (exact) mass is 274 g/mol. The van der Waals surface area contributed by atoms with E-state index in [1.54, 1.807) is 0 Å². The number of carbonyl (C=O) groups is 1. The molecule has 4 heteroatoms. The highest BCUT2D eigenvalue weighted by Gasteiger charge is 2.20. The minimum Gasteiger partial charge on any atom is -0.356 e. The van der Waals surface area contributed by atoms with Crippen molar-refractivity contribution >= 4 is 18.3 Å². The first-order valence-corrected chi connectivity index (χ1v) is 7.34. The molecule has 1 heterocycles. The van der Waals surface area contributed by atoms with Gasteiger partial charge in [-0.3, -0.25) is 4.79 Å². The summed E-state index contributed by atoms with van der Waals surface area (Å²) in [6, 6.07) is 0. The van der Waals surface area contributed by atoms with Gasteiger partial charge in [0.05, 0.1) is 5.92 Å². The van der Waals surface area contributed by atoms with Gasteiger partial charge in [-0.05, 0) is 31.7 Å². The Morgan fingerprint density at radius 3 is 2.56 bits per heavy atom.